The van der Waals surface area contributed by atoms with E-state index in [1.54, 1.807) is 0 Å². The highest BCUT2D eigenvalue weighted by molar-refractivity contribution is 9.10. The van der Waals surface area contributed by atoms with Crippen molar-refractivity contribution in [3.63, 3.8) is 0 Å². The van der Waals surface area contributed by atoms with E-state index in [1.807, 2.05) is 24.3 Å². The Balaban J connectivity index is 2.42. The fraction of sp³-hybridized carbons (Fsp3) is 0.250. The van der Waals surface area contributed by atoms with E-state index in [1.165, 1.54) is 12.1 Å². The van der Waals surface area contributed by atoms with Gasteiger partial charge in [-0.1, -0.05) is 59.9 Å². The summed E-state index contributed by atoms with van der Waals surface area (Å²) in [6.07, 6.45) is 0.411. The molecule has 2 rings (SSSR count). The Morgan fingerprint density at radius 2 is 1.52 bits per heavy atom. The molecule has 21 heavy (non-hydrogen) atoms. The molecule has 0 nitrogen and oxygen atoms in total. The van der Waals surface area contributed by atoms with Gasteiger partial charge in [-0.2, -0.15) is 0 Å². The zero-order valence-electron chi connectivity index (χ0n) is 11.1. The molecule has 2 aromatic carbocycles. The maximum atomic E-state index is 13.9. The maximum absolute atomic E-state index is 13.9. The summed E-state index contributed by atoms with van der Waals surface area (Å²) < 4.78 is 28.3. The summed E-state index contributed by atoms with van der Waals surface area (Å²) in [7, 11) is 0. The van der Waals surface area contributed by atoms with Crippen LogP contribution in [0.3, 0.4) is 0 Å². The first-order valence-electron chi connectivity index (χ1n) is 6.33. The van der Waals surface area contributed by atoms with E-state index in [4.69, 9.17) is 0 Å². The summed E-state index contributed by atoms with van der Waals surface area (Å²) in [6, 6.07) is 11.5. The second kappa shape index (κ2) is 7.34. The molecular weight excluding hydrogens is 470 g/mol. The predicted octanol–water partition coefficient (Wildman–Crippen LogP) is 6.00. The molecule has 0 aliphatic heterocycles. The van der Waals surface area contributed by atoms with Gasteiger partial charge in [-0.05, 0) is 47.9 Å². The minimum atomic E-state index is -0.416. The molecule has 0 aliphatic carbocycles. The average molecular weight is 483 g/mol. The van der Waals surface area contributed by atoms with Gasteiger partial charge < -0.3 is 0 Å². The van der Waals surface area contributed by atoms with Gasteiger partial charge in [-0.15, -0.1) is 0 Å². The Labute approximate surface area is 148 Å². The highest BCUT2D eigenvalue weighted by atomic mass is 79.9. The number of benzene rings is 2. The van der Waals surface area contributed by atoms with Crippen molar-refractivity contribution >= 4 is 47.8 Å². The summed E-state index contributed by atoms with van der Waals surface area (Å²) in [5, 5.41) is 1.28. The number of alkyl halides is 2. The summed E-state index contributed by atoms with van der Waals surface area (Å²) in [5.41, 5.74) is 1.12. The first kappa shape index (κ1) is 17.1. The quantitative estimate of drug-likeness (QED) is 0.459. The first-order chi connectivity index (χ1) is 10.0. The third kappa shape index (κ3) is 3.93. The van der Waals surface area contributed by atoms with Gasteiger partial charge in [-0.3, -0.25) is 0 Å². The fourth-order valence-corrected chi connectivity index (χ4v) is 4.47. The van der Waals surface area contributed by atoms with Crippen molar-refractivity contribution in [2.45, 2.75) is 11.8 Å². The van der Waals surface area contributed by atoms with E-state index in [0.717, 1.165) is 16.1 Å². The first-order valence-corrected chi connectivity index (χ1v) is 9.36. The van der Waals surface area contributed by atoms with Crippen LogP contribution in [0.2, 0.25) is 0 Å². The topological polar surface area (TPSA) is 0 Å². The number of hydrogen-bond donors (Lipinski definition) is 0. The zero-order chi connectivity index (χ0) is 15.5. The molecule has 5 heteroatoms. The van der Waals surface area contributed by atoms with Crippen molar-refractivity contribution in [1.82, 2.24) is 0 Å². The molecule has 0 fully saturated rings. The zero-order valence-corrected chi connectivity index (χ0v) is 15.8. The molecule has 0 N–H and O–H groups in total. The lowest BCUT2D eigenvalue weighted by atomic mass is 9.79. The van der Waals surface area contributed by atoms with Crippen LogP contribution in [0.4, 0.5) is 8.78 Å². The predicted molar refractivity (Wildman–Crippen MR) is 93.5 cm³/mol. The molecule has 0 aliphatic rings. The monoisotopic (exact) mass is 480 g/mol. The highest BCUT2D eigenvalue weighted by Gasteiger charge is 2.31. The summed E-state index contributed by atoms with van der Waals surface area (Å²) in [4.78, 5) is 0. The van der Waals surface area contributed by atoms with Gasteiger partial charge in [-0.25, -0.2) is 8.78 Å². The largest absolute Gasteiger partial charge is 0.207 e. The normalized spacial score (nSPS) is 11.7. The van der Waals surface area contributed by atoms with Crippen LogP contribution >= 0.6 is 47.8 Å². The molecule has 0 atom stereocenters. The van der Waals surface area contributed by atoms with Crippen molar-refractivity contribution in [2.24, 2.45) is 0 Å². The van der Waals surface area contributed by atoms with Crippen LogP contribution in [0.5, 0.6) is 0 Å². The van der Waals surface area contributed by atoms with E-state index in [2.05, 4.69) is 47.8 Å². The molecule has 0 spiro atoms. The molecule has 0 aromatic heterocycles. The van der Waals surface area contributed by atoms with Crippen LogP contribution in [0.15, 0.2) is 46.9 Å². The van der Waals surface area contributed by atoms with E-state index >= 15 is 0 Å². The van der Waals surface area contributed by atoms with Gasteiger partial charge in [0, 0.05) is 20.5 Å². The number of halogens is 5. The minimum absolute atomic E-state index is 0.338. The Hall–Kier alpha value is -0.260. The molecule has 0 unspecified atom stereocenters. The van der Waals surface area contributed by atoms with Crippen molar-refractivity contribution in [2.75, 3.05) is 10.7 Å². The van der Waals surface area contributed by atoms with E-state index < -0.39 is 5.82 Å². The van der Waals surface area contributed by atoms with Crippen LogP contribution in [-0.2, 0) is 11.8 Å². The van der Waals surface area contributed by atoms with E-state index in [9.17, 15) is 8.78 Å². The van der Waals surface area contributed by atoms with Crippen molar-refractivity contribution in [3.8, 4) is 0 Å². The lowest BCUT2D eigenvalue weighted by molar-refractivity contribution is 0.516. The second-order valence-electron chi connectivity index (χ2n) is 4.97. The third-order valence-electron chi connectivity index (χ3n) is 3.50. The van der Waals surface area contributed by atoms with Crippen molar-refractivity contribution in [3.05, 3.63) is 69.7 Å². The summed E-state index contributed by atoms with van der Waals surface area (Å²) in [6.45, 7) is 0. The lowest BCUT2D eigenvalue weighted by Gasteiger charge is -2.31. The van der Waals surface area contributed by atoms with Crippen LogP contribution in [0.25, 0.3) is 0 Å². The molecule has 112 valence electrons. The fourth-order valence-electron chi connectivity index (χ4n) is 2.23. The molecule has 0 heterocycles. The number of hydrogen-bond acceptors (Lipinski definition) is 0. The standard InChI is InChI=1S/C16H13Br3F2/c17-9-16(10-18,12-1-3-13(19)4-2-12)8-11-7-14(20)5-6-15(11)21/h1-7H,8-10H2. The summed E-state index contributed by atoms with van der Waals surface area (Å²) in [5.74, 6) is -0.792. The van der Waals surface area contributed by atoms with Crippen molar-refractivity contribution < 1.29 is 8.78 Å². The minimum Gasteiger partial charge on any atom is -0.207 e. The van der Waals surface area contributed by atoms with Crippen LogP contribution in [0, 0.1) is 11.6 Å². The Kier molecular flexibility index (Phi) is 5.97. The van der Waals surface area contributed by atoms with Gasteiger partial charge in [0.25, 0.3) is 0 Å². The van der Waals surface area contributed by atoms with Gasteiger partial charge in [0.15, 0.2) is 0 Å². The van der Waals surface area contributed by atoms with Gasteiger partial charge in [0.2, 0.25) is 0 Å². The summed E-state index contributed by atoms with van der Waals surface area (Å²) >= 11 is 10.5. The Bertz CT molecular complexity index is 607. The van der Waals surface area contributed by atoms with Gasteiger partial charge in [0.05, 0.1) is 0 Å². The molecule has 0 saturated heterocycles. The van der Waals surface area contributed by atoms with Crippen LogP contribution < -0.4 is 0 Å². The third-order valence-corrected chi connectivity index (χ3v) is 6.18. The molecule has 0 saturated carbocycles. The SMILES string of the molecule is Fc1ccc(F)c(CC(CBr)(CBr)c2ccc(Br)cc2)c1. The molecule has 0 bridgehead atoms. The molecular formula is C16H13Br3F2. The van der Waals surface area contributed by atoms with Crippen LogP contribution in [0.1, 0.15) is 11.1 Å². The molecule has 0 radical (unpaired) electrons. The Morgan fingerprint density at radius 1 is 0.905 bits per heavy atom. The molecule has 2 aromatic rings. The van der Waals surface area contributed by atoms with Gasteiger partial charge in [0.1, 0.15) is 11.6 Å². The smallest absolute Gasteiger partial charge is 0.126 e. The van der Waals surface area contributed by atoms with E-state index in [-0.39, 0.29) is 11.2 Å². The van der Waals surface area contributed by atoms with Gasteiger partial charge >= 0.3 is 0 Å². The average Bonchev–Trinajstić information content (AvgIpc) is 2.49. The van der Waals surface area contributed by atoms with Crippen LogP contribution in [-0.4, -0.2) is 10.7 Å². The Morgan fingerprint density at radius 3 is 2.10 bits per heavy atom. The second-order valence-corrected chi connectivity index (χ2v) is 7.00. The highest BCUT2D eigenvalue weighted by Crippen LogP contribution is 2.34. The molecule has 0 amide bonds. The maximum Gasteiger partial charge on any atom is 0.126 e. The van der Waals surface area contributed by atoms with E-state index in [0.29, 0.717) is 22.6 Å². The lowest BCUT2D eigenvalue weighted by Crippen LogP contribution is -2.33. The van der Waals surface area contributed by atoms with Crippen molar-refractivity contribution in [1.29, 1.82) is 0 Å². The number of rotatable bonds is 5.